The molecule has 0 rings (SSSR count). The lowest BCUT2D eigenvalue weighted by Gasteiger charge is -2.27. The SMILES string of the molecule is CC(C)CN(CCCC(C)(N)C(=O)O)CCN(C)C. The molecule has 5 heteroatoms. The van der Waals surface area contributed by atoms with Gasteiger partial charge in [0, 0.05) is 19.6 Å². The van der Waals surface area contributed by atoms with E-state index in [0.29, 0.717) is 12.3 Å². The van der Waals surface area contributed by atoms with Gasteiger partial charge in [0.25, 0.3) is 0 Å². The molecule has 19 heavy (non-hydrogen) atoms. The topological polar surface area (TPSA) is 69.8 Å². The van der Waals surface area contributed by atoms with E-state index in [1.54, 1.807) is 6.92 Å². The van der Waals surface area contributed by atoms with Crippen LogP contribution in [0.5, 0.6) is 0 Å². The lowest BCUT2D eigenvalue weighted by molar-refractivity contribution is -0.142. The maximum Gasteiger partial charge on any atom is 0.323 e. The number of rotatable bonds is 10. The van der Waals surface area contributed by atoms with Gasteiger partial charge in [0.15, 0.2) is 0 Å². The Morgan fingerprint density at radius 1 is 1.26 bits per heavy atom. The Morgan fingerprint density at radius 2 is 1.84 bits per heavy atom. The van der Waals surface area contributed by atoms with E-state index in [0.717, 1.165) is 32.6 Å². The van der Waals surface area contributed by atoms with Crippen molar-refractivity contribution in [1.82, 2.24) is 9.80 Å². The molecule has 0 radical (unpaired) electrons. The fraction of sp³-hybridized carbons (Fsp3) is 0.929. The van der Waals surface area contributed by atoms with Gasteiger partial charge in [-0.1, -0.05) is 13.8 Å². The monoisotopic (exact) mass is 273 g/mol. The molecule has 0 fully saturated rings. The van der Waals surface area contributed by atoms with Crippen molar-refractivity contribution in [2.45, 2.75) is 39.2 Å². The van der Waals surface area contributed by atoms with Gasteiger partial charge in [-0.15, -0.1) is 0 Å². The normalized spacial score (nSPS) is 15.2. The number of hydrogen-bond acceptors (Lipinski definition) is 4. The van der Waals surface area contributed by atoms with Crippen molar-refractivity contribution in [3.05, 3.63) is 0 Å². The molecule has 0 aliphatic heterocycles. The summed E-state index contributed by atoms with van der Waals surface area (Å²) < 4.78 is 0. The van der Waals surface area contributed by atoms with E-state index in [-0.39, 0.29) is 0 Å². The molecule has 5 nitrogen and oxygen atoms in total. The zero-order chi connectivity index (χ0) is 15.1. The van der Waals surface area contributed by atoms with Crippen molar-refractivity contribution in [2.75, 3.05) is 40.3 Å². The zero-order valence-electron chi connectivity index (χ0n) is 13.1. The van der Waals surface area contributed by atoms with Crippen LogP contribution in [-0.2, 0) is 4.79 Å². The maximum absolute atomic E-state index is 10.9. The molecule has 0 amide bonds. The summed E-state index contributed by atoms with van der Waals surface area (Å²) >= 11 is 0. The van der Waals surface area contributed by atoms with E-state index in [4.69, 9.17) is 10.8 Å². The first-order chi connectivity index (χ1) is 8.65. The van der Waals surface area contributed by atoms with E-state index in [1.807, 2.05) is 0 Å². The van der Waals surface area contributed by atoms with E-state index >= 15 is 0 Å². The number of carboxylic acid groups (broad SMARTS) is 1. The Labute approximate surface area is 117 Å². The summed E-state index contributed by atoms with van der Waals surface area (Å²) in [7, 11) is 4.13. The summed E-state index contributed by atoms with van der Waals surface area (Å²) in [5.74, 6) is -0.304. The molecule has 1 unspecified atom stereocenters. The number of likely N-dealkylation sites (N-methyl/N-ethyl adjacent to an activating group) is 1. The predicted molar refractivity (Wildman–Crippen MR) is 79.3 cm³/mol. The minimum Gasteiger partial charge on any atom is -0.480 e. The molecule has 1 atom stereocenters. The second-order valence-electron chi connectivity index (χ2n) is 6.32. The smallest absolute Gasteiger partial charge is 0.323 e. The molecule has 0 aromatic carbocycles. The van der Waals surface area contributed by atoms with Gasteiger partial charge in [-0.2, -0.15) is 0 Å². The Hall–Kier alpha value is -0.650. The van der Waals surface area contributed by atoms with Crippen molar-refractivity contribution in [1.29, 1.82) is 0 Å². The summed E-state index contributed by atoms with van der Waals surface area (Å²) in [6.45, 7) is 9.97. The fourth-order valence-electron chi connectivity index (χ4n) is 1.93. The summed E-state index contributed by atoms with van der Waals surface area (Å²) in [6, 6.07) is 0. The Morgan fingerprint density at radius 3 is 2.26 bits per heavy atom. The first-order valence-corrected chi connectivity index (χ1v) is 7.04. The number of nitrogens with two attached hydrogens (primary N) is 1. The molecular weight excluding hydrogens is 242 g/mol. The number of aliphatic carboxylic acids is 1. The number of hydrogen-bond donors (Lipinski definition) is 2. The van der Waals surface area contributed by atoms with Crippen LogP contribution in [-0.4, -0.2) is 66.7 Å². The number of carboxylic acids is 1. The second kappa shape index (κ2) is 8.51. The molecular formula is C14H31N3O2. The molecule has 3 N–H and O–H groups in total. The minimum absolute atomic E-state index is 0.513. The van der Waals surface area contributed by atoms with Gasteiger partial charge in [0.05, 0.1) is 0 Å². The number of carbonyl (C=O) groups is 1. The van der Waals surface area contributed by atoms with Gasteiger partial charge in [-0.3, -0.25) is 4.79 Å². The number of nitrogens with zero attached hydrogens (tertiary/aromatic N) is 2. The maximum atomic E-state index is 10.9. The van der Waals surface area contributed by atoms with Gasteiger partial charge in [0.1, 0.15) is 5.54 Å². The van der Waals surface area contributed by atoms with Crippen molar-refractivity contribution in [2.24, 2.45) is 11.7 Å². The van der Waals surface area contributed by atoms with Crippen LogP contribution in [0.3, 0.4) is 0 Å². The van der Waals surface area contributed by atoms with E-state index in [9.17, 15) is 4.79 Å². The van der Waals surface area contributed by atoms with Crippen LogP contribution < -0.4 is 5.73 Å². The highest BCUT2D eigenvalue weighted by atomic mass is 16.4. The van der Waals surface area contributed by atoms with Crippen LogP contribution in [0, 0.1) is 5.92 Å². The van der Waals surface area contributed by atoms with Gasteiger partial charge < -0.3 is 20.6 Å². The second-order valence-corrected chi connectivity index (χ2v) is 6.32. The highest BCUT2D eigenvalue weighted by Crippen LogP contribution is 2.10. The van der Waals surface area contributed by atoms with E-state index in [2.05, 4.69) is 37.7 Å². The quantitative estimate of drug-likeness (QED) is 0.623. The van der Waals surface area contributed by atoms with E-state index < -0.39 is 11.5 Å². The molecule has 0 bridgehead atoms. The zero-order valence-corrected chi connectivity index (χ0v) is 13.1. The molecule has 0 aromatic heterocycles. The molecule has 0 aliphatic rings. The first kappa shape index (κ1) is 18.4. The Bertz CT molecular complexity index is 265. The van der Waals surface area contributed by atoms with Gasteiger partial charge in [0.2, 0.25) is 0 Å². The third kappa shape index (κ3) is 8.97. The summed E-state index contributed by atoms with van der Waals surface area (Å²) in [6.07, 6.45) is 1.33. The van der Waals surface area contributed by atoms with E-state index in [1.165, 1.54) is 0 Å². The Balaban J connectivity index is 4.14. The van der Waals surface area contributed by atoms with Crippen LogP contribution in [0.15, 0.2) is 0 Å². The summed E-state index contributed by atoms with van der Waals surface area (Å²) in [4.78, 5) is 15.5. The van der Waals surface area contributed by atoms with Crippen LogP contribution in [0.4, 0.5) is 0 Å². The van der Waals surface area contributed by atoms with Gasteiger partial charge in [-0.05, 0) is 46.3 Å². The molecule has 0 aromatic rings. The van der Waals surface area contributed by atoms with Crippen molar-refractivity contribution >= 4 is 5.97 Å². The molecule has 0 spiro atoms. The first-order valence-electron chi connectivity index (χ1n) is 7.04. The molecule has 0 aliphatic carbocycles. The lowest BCUT2D eigenvalue weighted by atomic mass is 9.97. The summed E-state index contributed by atoms with van der Waals surface area (Å²) in [5.41, 5.74) is 4.64. The average Bonchev–Trinajstić information content (AvgIpc) is 2.24. The van der Waals surface area contributed by atoms with Crippen LogP contribution in [0.1, 0.15) is 33.6 Å². The lowest BCUT2D eigenvalue weighted by Crippen LogP contribution is -2.45. The highest BCUT2D eigenvalue weighted by molar-refractivity contribution is 5.77. The van der Waals surface area contributed by atoms with Gasteiger partial charge >= 0.3 is 5.97 Å². The average molecular weight is 273 g/mol. The molecule has 114 valence electrons. The summed E-state index contributed by atoms with van der Waals surface area (Å²) in [5, 5.41) is 8.98. The Kier molecular flexibility index (Phi) is 8.22. The third-order valence-corrected chi connectivity index (χ3v) is 3.15. The van der Waals surface area contributed by atoms with Crippen LogP contribution in [0.25, 0.3) is 0 Å². The third-order valence-electron chi connectivity index (χ3n) is 3.15. The van der Waals surface area contributed by atoms with Crippen molar-refractivity contribution in [3.8, 4) is 0 Å². The molecule has 0 saturated heterocycles. The molecule has 0 heterocycles. The largest absolute Gasteiger partial charge is 0.480 e. The molecule has 0 saturated carbocycles. The van der Waals surface area contributed by atoms with Crippen molar-refractivity contribution < 1.29 is 9.90 Å². The predicted octanol–water partition coefficient (Wildman–Crippen LogP) is 1.09. The fourth-order valence-corrected chi connectivity index (χ4v) is 1.93. The minimum atomic E-state index is -1.11. The standard InChI is InChI=1S/C14H31N3O2/c1-12(2)11-17(10-9-16(4)5)8-6-7-14(3,15)13(18)19/h12H,6-11,15H2,1-5H3,(H,18,19). The van der Waals surface area contributed by atoms with Crippen LogP contribution >= 0.6 is 0 Å². The van der Waals surface area contributed by atoms with Crippen LogP contribution in [0.2, 0.25) is 0 Å². The van der Waals surface area contributed by atoms with Crippen molar-refractivity contribution in [3.63, 3.8) is 0 Å². The highest BCUT2D eigenvalue weighted by Gasteiger charge is 2.27. The van der Waals surface area contributed by atoms with Gasteiger partial charge in [-0.25, -0.2) is 0 Å².